The van der Waals surface area contributed by atoms with Crippen molar-refractivity contribution in [2.24, 2.45) is 10.4 Å². The Kier molecular flexibility index (Phi) is 10.3. The zero-order valence-electron chi connectivity index (χ0n) is 15.4. The van der Waals surface area contributed by atoms with Gasteiger partial charge in [0.1, 0.15) is 0 Å². The van der Waals surface area contributed by atoms with Crippen molar-refractivity contribution in [1.82, 2.24) is 10.6 Å². The maximum Gasteiger partial charge on any atom is 0.191 e. The first-order chi connectivity index (χ1) is 11.2. The average molecular weight is 471 g/mol. The van der Waals surface area contributed by atoms with E-state index in [2.05, 4.69) is 21.9 Å². The maximum atomic E-state index is 5.51. The van der Waals surface area contributed by atoms with Crippen LogP contribution in [0.25, 0.3) is 0 Å². The van der Waals surface area contributed by atoms with Crippen molar-refractivity contribution in [3.05, 3.63) is 0 Å². The van der Waals surface area contributed by atoms with E-state index >= 15 is 0 Å². The predicted molar refractivity (Wildman–Crippen MR) is 114 cm³/mol. The summed E-state index contributed by atoms with van der Waals surface area (Å²) in [5, 5.41) is 7.08. The number of aliphatic imine (C=N–C) groups is 1. The summed E-state index contributed by atoms with van der Waals surface area (Å²) in [7, 11) is 3.64. The number of guanidine groups is 1. The summed E-state index contributed by atoms with van der Waals surface area (Å²) in [5.41, 5.74) is 0.406. The lowest BCUT2D eigenvalue weighted by Gasteiger charge is -2.42. The van der Waals surface area contributed by atoms with Gasteiger partial charge in [-0.25, -0.2) is 0 Å². The van der Waals surface area contributed by atoms with Gasteiger partial charge in [0, 0.05) is 51.8 Å². The van der Waals surface area contributed by atoms with Crippen LogP contribution in [-0.2, 0) is 9.47 Å². The molecule has 0 aromatic rings. The van der Waals surface area contributed by atoms with Crippen molar-refractivity contribution >= 4 is 41.7 Å². The molecule has 0 bridgehead atoms. The lowest BCUT2D eigenvalue weighted by Crippen LogP contribution is -2.51. The number of thioether (sulfide) groups is 1. The van der Waals surface area contributed by atoms with Crippen LogP contribution in [0.1, 0.15) is 38.5 Å². The van der Waals surface area contributed by atoms with Gasteiger partial charge in [0.25, 0.3) is 0 Å². The Labute approximate surface area is 168 Å². The Bertz CT molecular complexity index is 386. The normalized spacial score (nSPS) is 22.2. The molecule has 1 heterocycles. The van der Waals surface area contributed by atoms with Gasteiger partial charge in [-0.15, -0.1) is 24.0 Å². The number of ether oxygens (including phenoxy) is 2. The maximum absolute atomic E-state index is 5.51. The molecule has 0 aromatic carbocycles. The summed E-state index contributed by atoms with van der Waals surface area (Å²) < 4.78 is 11.1. The highest BCUT2D eigenvalue weighted by Gasteiger charge is 2.37. The second kappa shape index (κ2) is 11.1. The van der Waals surface area contributed by atoms with Crippen molar-refractivity contribution < 1.29 is 9.47 Å². The van der Waals surface area contributed by atoms with Crippen LogP contribution in [0.2, 0.25) is 0 Å². The number of rotatable bonds is 8. The van der Waals surface area contributed by atoms with E-state index in [4.69, 9.17) is 9.47 Å². The van der Waals surface area contributed by atoms with Gasteiger partial charge < -0.3 is 20.1 Å². The van der Waals surface area contributed by atoms with E-state index < -0.39 is 0 Å². The molecule has 0 amide bonds. The minimum Gasteiger partial charge on any atom is -0.385 e. The van der Waals surface area contributed by atoms with Gasteiger partial charge in [-0.05, 0) is 43.8 Å². The summed E-state index contributed by atoms with van der Waals surface area (Å²) in [6.45, 7) is 4.53. The molecule has 2 fully saturated rings. The highest BCUT2D eigenvalue weighted by atomic mass is 127. The lowest BCUT2D eigenvalue weighted by atomic mass is 9.67. The van der Waals surface area contributed by atoms with Gasteiger partial charge in [0.15, 0.2) is 5.96 Å². The second-order valence-corrected chi connectivity index (χ2v) is 8.15. The highest BCUT2D eigenvalue weighted by molar-refractivity contribution is 14.0. The third kappa shape index (κ3) is 6.21. The molecule has 2 aliphatic rings. The molecule has 1 saturated heterocycles. The molecular formula is C17H34IN3O2S. The molecule has 2 rings (SSSR count). The smallest absolute Gasteiger partial charge is 0.191 e. The minimum absolute atomic E-state index is 0. The van der Waals surface area contributed by atoms with Crippen molar-refractivity contribution in [1.29, 1.82) is 0 Å². The summed E-state index contributed by atoms with van der Waals surface area (Å²) in [5.74, 6) is 0.925. The van der Waals surface area contributed by atoms with Crippen LogP contribution in [0.15, 0.2) is 4.99 Å². The van der Waals surface area contributed by atoms with Crippen molar-refractivity contribution in [2.45, 2.75) is 43.3 Å². The van der Waals surface area contributed by atoms with Crippen LogP contribution < -0.4 is 10.6 Å². The van der Waals surface area contributed by atoms with E-state index in [0.717, 1.165) is 58.1 Å². The average Bonchev–Trinajstić information content (AvgIpc) is 2.57. The van der Waals surface area contributed by atoms with Crippen LogP contribution in [0.3, 0.4) is 0 Å². The third-order valence-electron chi connectivity index (χ3n) is 5.52. The standard InChI is InChI=1S/C17H33N3O2S.HI/c1-18-15(19-13-16(5-4-6-16)7-10-21-2)20-14-17(23-3)8-11-22-12-9-17;/h4-14H2,1-3H3,(H2,18,19,20);1H. The fourth-order valence-electron chi connectivity index (χ4n) is 3.44. The zero-order valence-corrected chi connectivity index (χ0v) is 18.5. The molecule has 24 heavy (non-hydrogen) atoms. The number of hydrogen-bond donors (Lipinski definition) is 2. The van der Waals surface area contributed by atoms with Crippen LogP contribution >= 0.6 is 35.7 Å². The molecule has 0 spiro atoms. The first-order valence-electron chi connectivity index (χ1n) is 8.74. The molecule has 1 aliphatic carbocycles. The molecular weight excluding hydrogens is 437 g/mol. The van der Waals surface area contributed by atoms with Crippen LogP contribution in [0, 0.1) is 5.41 Å². The molecule has 1 aliphatic heterocycles. The summed E-state index contributed by atoms with van der Waals surface area (Å²) >= 11 is 1.95. The second-order valence-electron chi connectivity index (χ2n) is 6.88. The highest BCUT2D eigenvalue weighted by Crippen LogP contribution is 2.43. The molecule has 2 N–H and O–H groups in total. The Morgan fingerprint density at radius 3 is 2.33 bits per heavy atom. The Morgan fingerprint density at radius 2 is 1.83 bits per heavy atom. The SMILES string of the molecule is CN=C(NCC1(CCOC)CCC1)NCC1(SC)CCOCC1.I. The van der Waals surface area contributed by atoms with Crippen LogP contribution in [0.5, 0.6) is 0 Å². The fourth-order valence-corrected chi connectivity index (χ4v) is 4.24. The number of halogens is 1. The van der Waals surface area contributed by atoms with E-state index in [1.165, 1.54) is 19.3 Å². The first-order valence-corrected chi connectivity index (χ1v) is 9.96. The Hall–Kier alpha value is 0.270. The summed E-state index contributed by atoms with van der Waals surface area (Å²) in [6.07, 6.45) is 9.49. The molecule has 142 valence electrons. The number of nitrogens with zero attached hydrogens (tertiary/aromatic N) is 1. The third-order valence-corrected chi connectivity index (χ3v) is 6.94. The molecule has 0 radical (unpaired) electrons. The lowest BCUT2D eigenvalue weighted by molar-refractivity contribution is 0.0728. The zero-order chi connectivity index (χ0) is 16.6. The fraction of sp³-hybridized carbons (Fsp3) is 0.941. The van der Waals surface area contributed by atoms with Crippen LogP contribution in [-0.4, -0.2) is 64.0 Å². The number of methoxy groups -OCH3 is 1. The van der Waals surface area contributed by atoms with E-state index in [0.29, 0.717) is 5.41 Å². The predicted octanol–water partition coefficient (Wildman–Crippen LogP) is 2.89. The van der Waals surface area contributed by atoms with E-state index in [1.807, 2.05) is 18.8 Å². The van der Waals surface area contributed by atoms with E-state index in [-0.39, 0.29) is 28.7 Å². The van der Waals surface area contributed by atoms with E-state index in [9.17, 15) is 0 Å². The van der Waals surface area contributed by atoms with Gasteiger partial charge in [-0.3, -0.25) is 4.99 Å². The minimum atomic E-state index is 0. The van der Waals surface area contributed by atoms with Gasteiger partial charge in [0.05, 0.1) is 0 Å². The largest absolute Gasteiger partial charge is 0.385 e. The molecule has 1 saturated carbocycles. The van der Waals surface area contributed by atoms with Crippen molar-refractivity contribution in [3.8, 4) is 0 Å². The number of hydrogen-bond acceptors (Lipinski definition) is 4. The van der Waals surface area contributed by atoms with Gasteiger partial charge in [0.2, 0.25) is 0 Å². The molecule has 5 nitrogen and oxygen atoms in total. The van der Waals surface area contributed by atoms with Gasteiger partial charge in [-0.2, -0.15) is 11.8 Å². The van der Waals surface area contributed by atoms with E-state index in [1.54, 1.807) is 7.11 Å². The molecule has 0 atom stereocenters. The first kappa shape index (κ1) is 22.3. The summed E-state index contributed by atoms with van der Waals surface area (Å²) in [4.78, 5) is 4.40. The Morgan fingerprint density at radius 1 is 1.17 bits per heavy atom. The molecule has 0 aromatic heterocycles. The van der Waals surface area contributed by atoms with Crippen molar-refractivity contribution in [2.75, 3.05) is 53.3 Å². The van der Waals surface area contributed by atoms with Gasteiger partial charge >= 0.3 is 0 Å². The van der Waals surface area contributed by atoms with Crippen molar-refractivity contribution in [3.63, 3.8) is 0 Å². The van der Waals surface area contributed by atoms with Crippen LogP contribution in [0.4, 0.5) is 0 Å². The monoisotopic (exact) mass is 471 g/mol. The molecule has 7 heteroatoms. The Balaban J connectivity index is 0.00000288. The van der Waals surface area contributed by atoms with Gasteiger partial charge in [-0.1, -0.05) is 6.42 Å². The summed E-state index contributed by atoms with van der Waals surface area (Å²) in [6, 6.07) is 0. The number of nitrogens with one attached hydrogen (secondary N) is 2. The molecule has 0 unspecified atom stereocenters. The topological polar surface area (TPSA) is 54.9 Å². The quantitative estimate of drug-likeness (QED) is 0.324.